The van der Waals surface area contributed by atoms with Gasteiger partial charge in [-0.1, -0.05) is 45.9 Å². The van der Waals surface area contributed by atoms with Gasteiger partial charge in [-0.15, -0.1) is 0 Å². The lowest BCUT2D eigenvalue weighted by molar-refractivity contribution is -0.119. The van der Waals surface area contributed by atoms with Crippen LogP contribution >= 0.6 is 0 Å². The Bertz CT molecular complexity index is 837. The molecule has 0 saturated carbocycles. The molecule has 0 unspecified atom stereocenters. The number of esters is 1. The second kappa shape index (κ2) is 9.09. The highest BCUT2D eigenvalue weighted by atomic mass is 16.5. The summed E-state index contributed by atoms with van der Waals surface area (Å²) in [7, 11) is 0. The number of para-hydroxylation sites is 1. The van der Waals surface area contributed by atoms with Crippen LogP contribution in [0.2, 0.25) is 0 Å². The van der Waals surface area contributed by atoms with Gasteiger partial charge < -0.3 is 14.6 Å². The summed E-state index contributed by atoms with van der Waals surface area (Å²) in [6.45, 7) is 14.7. The lowest BCUT2D eigenvalue weighted by Gasteiger charge is -2.20. The Kier molecular flexibility index (Phi) is 7.05. The molecule has 0 aliphatic heterocycles. The minimum atomic E-state index is -0.468. The van der Waals surface area contributed by atoms with E-state index in [4.69, 9.17) is 4.74 Å². The maximum atomic E-state index is 12.5. The number of amides is 1. The molecule has 1 N–H and O–H groups in total. The molecule has 152 valence electrons. The van der Waals surface area contributed by atoms with E-state index in [1.54, 1.807) is 0 Å². The number of nitrogens with zero attached hydrogens (tertiary/aromatic N) is 1. The van der Waals surface area contributed by atoms with Crippen molar-refractivity contribution in [1.82, 2.24) is 4.57 Å². The highest BCUT2D eigenvalue weighted by Crippen LogP contribution is 2.32. The van der Waals surface area contributed by atoms with Crippen LogP contribution in [-0.4, -0.2) is 23.1 Å². The summed E-state index contributed by atoms with van der Waals surface area (Å²) >= 11 is 0. The van der Waals surface area contributed by atoms with Gasteiger partial charge in [0.25, 0.3) is 5.91 Å². The molecule has 2 rings (SSSR count). The van der Waals surface area contributed by atoms with Gasteiger partial charge in [-0.3, -0.25) is 4.79 Å². The number of aromatic nitrogens is 1. The molecule has 5 nitrogen and oxygen atoms in total. The molecule has 0 aliphatic carbocycles. The van der Waals surface area contributed by atoms with Crippen LogP contribution in [0.15, 0.2) is 24.3 Å². The standard InChI is InChI=1S/C23H32N2O3/c1-8-25-16(6)12-20(17(25)7)23(27)28-13-21(26)24-22-18(14(2)3)10-9-11-19(22)15(4)5/h9-12,14-15H,8,13H2,1-7H3,(H,24,26). The molecule has 2 aromatic rings. The zero-order valence-electron chi connectivity index (χ0n) is 18.1. The van der Waals surface area contributed by atoms with E-state index in [2.05, 4.69) is 33.0 Å². The average molecular weight is 385 g/mol. The summed E-state index contributed by atoms with van der Waals surface area (Å²) in [5, 5.41) is 2.97. The highest BCUT2D eigenvalue weighted by Gasteiger charge is 2.19. The monoisotopic (exact) mass is 384 g/mol. The summed E-state index contributed by atoms with van der Waals surface area (Å²) in [4.78, 5) is 25.0. The number of aryl methyl sites for hydroxylation is 1. The Balaban J connectivity index is 2.12. The molecule has 0 saturated heterocycles. The zero-order chi connectivity index (χ0) is 21.0. The maximum absolute atomic E-state index is 12.5. The predicted molar refractivity (Wildman–Crippen MR) is 113 cm³/mol. The second-order valence-corrected chi connectivity index (χ2v) is 7.77. The van der Waals surface area contributed by atoms with Gasteiger partial charge in [-0.05, 0) is 49.8 Å². The third-order valence-corrected chi connectivity index (χ3v) is 5.08. The fraction of sp³-hybridized carbons (Fsp3) is 0.478. The largest absolute Gasteiger partial charge is 0.452 e. The average Bonchev–Trinajstić information content (AvgIpc) is 2.93. The summed E-state index contributed by atoms with van der Waals surface area (Å²) in [6.07, 6.45) is 0. The fourth-order valence-corrected chi connectivity index (χ4v) is 3.57. The molecular weight excluding hydrogens is 352 g/mol. The van der Waals surface area contributed by atoms with Crippen molar-refractivity contribution in [3.8, 4) is 0 Å². The molecule has 1 heterocycles. The van der Waals surface area contributed by atoms with Crippen molar-refractivity contribution in [3.05, 3.63) is 52.3 Å². The fourth-order valence-electron chi connectivity index (χ4n) is 3.57. The molecule has 1 aromatic heterocycles. The van der Waals surface area contributed by atoms with Crippen LogP contribution in [0.3, 0.4) is 0 Å². The van der Waals surface area contributed by atoms with Crippen molar-refractivity contribution < 1.29 is 14.3 Å². The van der Waals surface area contributed by atoms with Crippen LogP contribution in [-0.2, 0) is 16.1 Å². The number of carbonyl (C=O) groups excluding carboxylic acids is 2. The lowest BCUT2D eigenvalue weighted by Crippen LogP contribution is -2.23. The molecule has 0 spiro atoms. The first-order chi connectivity index (χ1) is 13.2. The Morgan fingerprint density at radius 3 is 2.11 bits per heavy atom. The van der Waals surface area contributed by atoms with Crippen LogP contribution in [0.5, 0.6) is 0 Å². The molecule has 0 bridgehead atoms. The number of nitrogens with one attached hydrogen (secondary N) is 1. The first-order valence-electron chi connectivity index (χ1n) is 9.93. The van der Waals surface area contributed by atoms with Crippen molar-refractivity contribution in [2.45, 2.75) is 66.8 Å². The molecule has 0 aliphatic rings. The van der Waals surface area contributed by atoms with E-state index < -0.39 is 5.97 Å². The number of anilines is 1. The van der Waals surface area contributed by atoms with Crippen molar-refractivity contribution in [2.24, 2.45) is 0 Å². The number of ether oxygens (including phenoxy) is 1. The maximum Gasteiger partial charge on any atom is 0.340 e. The minimum Gasteiger partial charge on any atom is -0.452 e. The van der Waals surface area contributed by atoms with Crippen molar-refractivity contribution in [2.75, 3.05) is 11.9 Å². The molecule has 1 aromatic carbocycles. The van der Waals surface area contributed by atoms with Crippen molar-refractivity contribution >= 4 is 17.6 Å². The van der Waals surface area contributed by atoms with Gasteiger partial charge in [0, 0.05) is 23.6 Å². The number of hydrogen-bond donors (Lipinski definition) is 1. The first kappa shape index (κ1) is 21.7. The van der Waals surface area contributed by atoms with Crippen LogP contribution in [0.4, 0.5) is 5.69 Å². The number of hydrogen-bond acceptors (Lipinski definition) is 3. The SMILES string of the molecule is CCn1c(C)cc(C(=O)OCC(=O)Nc2c(C(C)C)cccc2C(C)C)c1C. The van der Waals surface area contributed by atoms with Crippen LogP contribution in [0.1, 0.15) is 79.3 Å². The molecule has 0 fully saturated rings. The summed E-state index contributed by atoms with van der Waals surface area (Å²) in [6, 6.07) is 7.88. The quantitative estimate of drug-likeness (QED) is 0.670. The molecular formula is C23H32N2O3. The van der Waals surface area contributed by atoms with Gasteiger partial charge in [-0.2, -0.15) is 0 Å². The zero-order valence-corrected chi connectivity index (χ0v) is 18.1. The smallest absolute Gasteiger partial charge is 0.340 e. The van der Waals surface area contributed by atoms with Gasteiger partial charge in [0.2, 0.25) is 0 Å². The number of benzene rings is 1. The molecule has 1 amide bonds. The van der Waals surface area contributed by atoms with Crippen molar-refractivity contribution in [3.63, 3.8) is 0 Å². The van der Waals surface area contributed by atoms with Crippen molar-refractivity contribution in [1.29, 1.82) is 0 Å². The Hall–Kier alpha value is -2.56. The Morgan fingerprint density at radius 2 is 1.64 bits per heavy atom. The molecule has 28 heavy (non-hydrogen) atoms. The van der Waals surface area contributed by atoms with E-state index in [0.717, 1.165) is 34.7 Å². The topological polar surface area (TPSA) is 60.3 Å². The van der Waals surface area contributed by atoms with Gasteiger partial charge in [0.15, 0.2) is 6.61 Å². The Labute approximate surface area is 168 Å². The summed E-state index contributed by atoms with van der Waals surface area (Å²) in [5.41, 5.74) is 5.37. The number of carbonyl (C=O) groups is 2. The number of rotatable bonds is 7. The van der Waals surface area contributed by atoms with E-state index >= 15 is 0 Å². The third-order valence-electron chi connectivity index (χ3n) is 5.08. The first-order valence-corrected chi connectivity index (χ1v) is 9.93. The van der Waals surface area contributed by atoms with Crippen LogP contribution in [0.25, 0.3) is 0 Å². The van der Waals surface area contributed by atoms with E-state index in [-0.39, 0.29) is 24.3 Å². The van der Waals surface area contributed by atoms with Gasteiger partial charge in [0.1, 0.15) is 0 Å². The van der Waals surface area contributed by atoms with E-state index in [9.17, 15) is 9.59 Å². The van der Waals surface area contributed by atoms with E-state index in [1.807, 2.05) is 49.6 Å². The van der Waals surface area contributed by atoms with E-state index in [0.29, 0.717) is 5.56 Å². The Morgan fingerprint density at radius 1 is 1.07 bits per heavy atom. The van der Waals surface area contributed by atoms with Crippen LogP contribution < -0.4 is 5.32 Å². The van der Waals surface area contributed by atoms with E-state index in [1.165, 1.54) is 0 Å². The molecule has 0 atom stereocenters. The lowest BCUT2D eigenvalue weighted by atomic mass is 9.92. The predicted octanol–water partition coefficient (Wildman–Crippen LogP) is 5.17. The summed E-state index contributed by atoms with van der Waals surface area (Å²) < 4.78 is 7.34. The summed E-state index contributed by atoms with van der Waals surface area (Å²) in [5.74, 6) is -0.246. The van der Waals surface area contributed by atoms with Gasteiger partial charge in [-0.25, -0.2) is 4.79 Å². The third kappa shape index (κ3) is 4.64. The normalized spacial score (nSPS) is 11.2. The second-order valence-electron chi connectivity index (χ2n) is 7.77. The highest BCUT2D eigenvalue weighted by molar-refractivity contribution is 5.97. The van der Waals surface area contributed by atoms with Gasteiger partial charge in [0.05, 0.1) is 5.56 Å². The molecule has 0 radical (unpaired) electrons. The van der Waals surface area contributed by atoms with Gasteiger partial charge >= 0.3 is 5.97 Å². The minimum absolute atomic E-state index is 0.274. The van der Waals surface area contributed by atoms with Crippen LogP contribution in [0, 0.1) is 13.8 Å². The molecule has 5 heteroatoms.